The van der Waals surface area contributed by atoms with Crippen LogP contribution in [0.3, 0.4) is 0 Å². The molecule has 36 heavy (non-hydrogen) atoms. The molecule has 2 heterocycles. The first-order valence-corrected chi connectivity index (χ1v) is 13.6. The van der Waals surface area contributed by atoms with Crippen LogP contribution in [0.25, 0.3) is 10.2 Å². The van der Waals surface area contributed by atoms with Crippen molar-refractivity contribution in [3.63, 3.8) is 0 Å². The Morgan fingerprint density at radius 1 is 1.03 bits per heavy atom. The highest BCUT2D eigenvalue weighted by Gasteiger charge is 2.23. The van der Waals surface area contributed by atoms with Gasteiger partial charge in [0, 0.05) is 36.6 Å². The first-order chi connectivity index (χ1) is 17.2. The van der Waals surface area contributed by atoms with E-state index >= 15 is 0 Å². The van der Waals surface area contributed by atoms with E-state index in [-0.39, 0.29) is 18.3 Å². The molecule has 0 spiro atoms. The van der Waals surface area contributed by atoms with Crippen molar-refractivity contribution in [3.8, 4) is 11.5 Å². The predicted molar refractivity (Wildman–Crippen MR) is 151 cm³/mol. The minimum Gasteiger partial charge on any atom is -0.457 e. The number of rotatable bonds is 8. The number of aromatic nitrogens is 1. The maximum absolute atomic E-state index is 13.7. The molecule has 0 saturated carbocycles. The van der Waals surface area contributed by atoms with Crippen molar-refractivity contribution in [1.82, 2.24) is 9.88 Å². The lowest BCUT2D eigenvalue weighted by atomic mass is 10.2. The Kier molecular flexibility index (Phi) is 9.23. The van der Waals surface area contributed by atoms with Crippen LogP contribution in [0.1, 0.15) is 10.4 Å². The van der Waals surface area contributed by atoms with Crippen LogP contribution in [0.4, 0.5) is 5.13 Å². The van der Waals surface area contributed by atoms with Gasteiger partial charge in [-0.05, 0) is 54.8 Å². The molecule has 3 aromatic carbocycles. The zero-order valence-electron chi connectivity index (χ0n) is 20.0. The number of benzene rings is 3. The van der Waals surface area contributed by atoms with Crippen LogP contribution in [-0.4, -0.2) is 61.4 Å². The lowest BCUT2D eigenvalue weighted by Gasteiger charge is -2.29. The summed E-state index contributed by atoms with van der Waals surface area (Å²) in [7, 11) is 0. The molecule has 188 valence electrons. The van der Waals surface area contributed by atoms with Crippen LogP contribution in [0.5, 0.6) is 11.5 Å². The van der Waals surface area contributed by atoms with Crippen molar-refractivity contribution in [2.24, 2.45) is 0 Å². The molecule has 0 radical (unpaired) electrons. The standard InChI is InChI=1S/C27H27N3O3S2.ClH/c1-34-23-8-5-9-24-25(23)28-27(35-24)30(15-14-29-16-18-32-19-17-29)26(31)20-10-12-22(13-11-20)33-21-6-3-2-4-7-21;/h2-13H,14-19H2,1H3;1H. The van der Waals surface area contributed by atoms with Crippen molar-refractivity contribution < 1.29 is 14.3 Å². The van der Waals surface area contributed by atoms with Gasteiger partial charge < -0.3 is 9.47 Å². The van der Waals surface area contributed by atoms with E-state index in [0.717, 1.165) is 58.8 Å². The van der Waals surface area contributed by atoms with E-state index in [2.05, 4.69) is 17.0 Å². The minimum atomic E-state index is -0.0609. The third-order valence-corrected chi connectivity index (χ3v) is 7.70. The Morgan fingerprint density at radius 3 is 2.47 bits per heavy atom. The predicted octanol–water partition coefficient (Wildman–Crippen LogP) is 6.21. The highest BCUT2D eigenvalue weighted by molar-refractivity contribution is 7.98. The van der Waals surface area contributed by atoms with Gasteiger partial charge in [0.25, 0.3) is 5.91 Å². The second kappa shape index (κ2) is 12.6. The summed E-state index contributed by atoms with van der Waals surface area (Å²) in [5, 5.41) is 0.726. The summed E-state index contributed by atoms with van der Waals surface area (Å²) < 4.78 is 12.5. The molecule has 5 rings (SSSR count). The molecule has 9 heteroatoms. The van der Waals surface area contributed by atoms with Gasteiger partial charge in [-0.2, -0.15) is 0 Å². The molecule has 4 aromatic rings. The minimum absolute atomic E-state index is 0. The maximum atomic E-state index is 13.7. The molecular weight excluding hydrogens is 514 g/mol. The summed E-state index contributed by atoms with van der Waals surface area (Å²) in [6.45, 7) is 4.56. The number of amides is 1. The van der Waals surface area contributed by atoms with Gasteiger partial charge in [0.05, 0.1) is 23.4 Å². The van der Waals surface area contributed by atoms with E-state index in [1.807, 2.05) is 71.8 Å². The summed E-state index contributed by atoms with van der Waals surface area (Å²) in [6.07, 6.45) is 2.05. The van der Waals surface area contributed by atoms with Gasteiger partial charge >= 0.3 is 0 Å². The fourth-order valence-electron chi connectivity index (χ4n) is 3.99. The van der Waals surface area contributed by atoms with E-state index in [9.17, 15) is 4.79 Å². The normalized spacial score (nSPS) is 13.8. The van der Waals surface area contributed by atoms with E-state index in [1.165, 1.54) is 0 Å². The summed E-state index contributed by atoms with van der Waals surface area (Å²) >= 11 is 3.23. The number of hydrogen-bond acceptors (Lipinski definition) is 7. The number of fused-ring (bicyclic) bond motifs is 1. The molecule has 1 aliphatic rings. The third-order valence-electron chi connectivity index (χ3n) is 5.89. The Hall–Kier alpha value is -2.62. The topological polar surface area (TPSA) is 54.9 Å². The molecule has 6 nitrogen and oxygen atoms in total. The lowest BCUT2D eigenvalue weighted by molar-refractivity contribution is 0.0391. The van der Waals surface area contributed by atoms with Crippen LogP contribution in [0.2, 0.25) is 0 Å². The second-order valence-corrected chi connectivity index (χ2v) is 10.0. The number of nitrogens with zero attached hydrogens (tertiary/aromatic N) is 3. The number of carbonyl (C=O) groups excluding carboxylic acids is 1. The SMILES string of the molecule is CSc1cccc2sc(N(CCN3CCOCC3)C(=O)c3ccc(Oc4ccccc4)cc3)nc12.Cl. The van der Waals surface area contributed by atoms with Gasteiger partial charge in [0.2, 0.25) is 0 Å². The summed E-state index contributed by atoms with van der Waals surface area (Å²) in [5.74, 6) is 1.39. The summed E-state index contributed by atoms with van der Waals surface area (Å²) in [5.41, 5.74) is 1.56. The van der Waals surface area contributed by atoms with Crippen molar-refractivity contribution >= 4 is 56.8 Å². The molecule has 1 aliphatic heterocycles. The second-order valence-electron chi connectivity index (χ2n) is 8.15. The van der Waals surface area contributed by atoms with Gasteiger partial charge in [0.1, 0.15) is 11.5 Å². The van der Waals surface area contributed by atoms with Crippen LogP contribution in [0, 0.1) is 0 Å². The van der Waals surface area contributed by atoms with Gasteiger partial charge in [-0.1, -0.05) is 35.6 Å². The Morgan fingerprint density at radius 2 is 1.75 bits per heavy atom. The van der Waals surface area contributed by atoms with E-state index < -0.39 is 0 Å². The highest BCUT2D eigenvalue weighted by Crippen LogP contribution is 2.34. The quantitative estimate of drug-likeness (QED) is 0.247. The van der Waals surface area contributed by atoms with Crippen molar-refractivity contribution in [2.75, 3.05) is 50.5 Å². The average molecular weight is 542 g/mol. The molecular formula is C27H28ClN3O3S2. The number of carbonyl (C=O) groups is 1. The van der Waals surface area contributed by atoms with Gasteiger partial charge in [-0.15, -0.1) is 24.2 Å². The Balaban J connectivity index is 0.00000304. The fourth-order valence-corrected chi connectivity index (χ4v) is 5.63. The van der Waals surface area contributed by atoms with Crippen LogP contribution < -0.4 is 9.64 Å². The zero-order valence-corrected chi connectivity index (χ0v) is 22.4. The highest BCUT2D eigenvalue weighted by atomic mass is 35.5. The number of halogens is 1. The average Bonchev–Trinajstić information content (AvgIpc) is 3.34. The molecule has 1 aromatic heterocycles. The van der Waals surface area contributed by atoms with E-state index in [4.69, 9.17) is 14.5 Å². The Bertz CT molecular complexity index is 1280. The van der Waals surface area contributed by atoms with E-state index in [0.29, 0.717) is 17.9 Å². The number of thiazole rings is 1. The number of hydrogen-bond donors (Lipinski definition) is 0. The monoisotopic (exact) mass is 541 g/mol. The maximum Gasteiger partial charge on any atom is 0.260 e. The van der Waals surface area contributed by atoms with Crippen LogP contribution in [0.15, 0.2) is 77.7 Å². The molecule has 1 saturated heterocycles. The molecule has 0 atom stereocenters. The lowest BCUT2D eigenvalue weighted by Crippen LogP contribution is -2.43. The zero-order chi connectivity index (χ0) is 24.0. The molecule has 1 fully saturated rings. The smallest absolute Gasteiger partial charge is 0.260 e. The number of anilines is 1. The third kappa shape index (κ3) is 6.19. The van der Waals surface area contributed by atoms with Crippen molar-refractivity contribution in [1.29, 1.82) is 0 Å². The number of thioether (sulfide) groups is 1. The van der Waals surface area contributed by atoms with Gasteiger partial charge in [-0.25, -0.2) is 4.98 Å². The van der Waals surface area contributed by atoms with Gasteiger partial charge in [-0.3, -0.25) is 14.6 Å². The van der Waals surface area contributed by atoms with E-state index in [1.54, 1.807) is 23.1 Å². The number of para-hydroxylation sites is 2. The molecule has 1 amide bonds. The first kappa shape index (κ1) is 26.4. The largest absolute Gasteiger partial charge is 0.457 e. The van der Waals surface area contributed by atoms with Crippen molar-refractivity contribution in [2.45, 2.75) is 4.90 Å². The molecule has 0 aliphatic carbocycles. The van der Waals surface area contributed by atoms with Gasteiger partial charge in [0.15, 0.2) is 5.13 Å². The van der Waals surface area contributed by atoms with Crippen LogP contribution in [-0.2, 0) is 4.74 Å². The van der Waals surface area contributed by atoms with Crippen LogP contribution >= 0.6 is 35.5 Å². The van der Waals surface area contributed by atoms with Crippen molar-refractivity contribution in [3.05, 3.63) is 78.4 Å². The molecule has 0 N–H and O–H groups in total. The first-order valence-electron chi connectivity index (χ1n) is 11.6. The fraction of sp³-hybridized carbons (Fsp3) is 0.259. The number of morpholine rings is 1. The number of ether oxygens (including phenoxy) is 2. The molecule has 0 unspecified atom stereocenters. The molecule has 0 bridgehead atoms. The summed E-state index contributed by atoms with van der Waals surface area (Å²) in [4.78, 5) is 23.9. The summed E-state index contributed by atoms with van der Waals surface area (Å²) in [6, 6.07) is 23.1. The Labute approximate surface area is 225 Å².